The summed E-state index contributed by atoms with van der Waals surface area (Å²) in [6.45, 7) is 13.1. The second-order valence-corrected chi connectivity index (χ2v) is 12.1. The van der Waals surface area contributed by atoms with E-state index in [1.807, 2.05) is 42.5 Å². The molecule has 0 fully saturated rings. The quantitative estimate of drug-likeness (QED) is 0.187. The normalized spacial score (nSPS) is 12.2. The van der Waals surface area contributed by atoms with Crippen molar-refractivity contribution in [1.82, 2.24) is 14.5 Å². The Labute approximate surface area is 249 Å². The smallest absolute Gasteiger partial charge is 0.217 e. The van der Waals surface area contributed by atoms with E-state index in [0.29, 0.717) is 17.1 Å². The molecule has 3 aromatic carbocycles. The maximum Gasteiger partial charge on any atom is 0.217 e. The molecule has 5 nitrogen and oxygen atoms in total. The Morgan fingerprint density at radius 2 is 1.57 bits per heavy atom. The van der Waals surface area contributed by atoms with Crippen molar-refractivity contribution in [2.45, 2.75) is 52.4 Å². The number of hydrogen-bond acceptors (Lipinski definition) is 4. The molecule has 0 spiro atoms. The third-order valence-corrected chi connectivity index (χ3v) is 7.23. The van der Waals surface area contributed by atoms with E-state index in [2.05, 4.69) is 86.4 Å². The van der Waals surface area contributed by atoms with Gasteiger partial charge in [-0.05, 0) is 57.7 Å². The molecule has 6 heteroatoms. The topological polar surface area (TPSA) is 60.2 Å². The molecule has 3 aromatic heterocycles. The summed E-state index contributed by atoms with van der Waals surface area (Å²) in [4.78, 5) is 9.32. The number of rotatable bonds is 3. The van der Waals surface area contributed by atoms with Crippen LogP contribution in [-0.2, 0) is 31.9 Å². The molecule has 0 radical (unpaired) electrons. The van der Waals surface area contributed by atoms with Gasteiger partial charge in [0, 0.05) is 50.0 Å². The minimum absolute atomic E-state index is 0. The van der Waals surface area contributed by atoms with E-state index in [0.717, 1.165) is 38.6 Å². The van der Waals surface area contributed by atoms with Crippen LogP contribution in [0.3, 0.4) is 0 Å². The van der Waals surface area contributed by atoms with Crippen molar-refractivity contribution in [2.75, 3.05) is 0 Å². The third kappa shape index (κ3) is 4.88. The van der Waals surface area contributed by atoms with E-state index < -0.39 is 0 Å². The average Bonchev–Trinajstić information content (AvgIpc) is 3.21. The van der Waals surface area contributed by atoms with Gasteiger partial charge >= 0.3 is 0 Å². The molecule has 0 aliphatic rings. The number of nitrogens with zero attached hydrogens (tertiary/aromatic N) is 3. The second kappa shape index (κ2) is 10.0. The molecule has 206 valence electrons. The first kappa shape index (κ1) is 27.9. The molecule has 1 N–H and O–H groups in total. The molecule has 0 aliphatic heterocycles. The molecule has 0 amide bonds. The zero-order valence-electron chi connectivity index (χ0n) is 23.5. The van der Waals surface area contributed by atoms with E-state index >= 15 is 0 Å². The first-order chi connectivity index (χ1) is 18.5. The maximum absolute atomic E-state index is 10.6. The monoisotopic (exact) mass is 709 g/mol. The predicted molar refractivity (Wildman–Crippen MR) is 158 cm³/mol. The van der Waals surface area contributed by atoms with Crippen LogP contribution in [0.25, 0.3) is 38.5 Å². The number of pyridine rings is 2. The zero-order valence-corrected chi connectivity index (χ0v) is 25.8. The van der Waals surface area contributed by atoms with Gasteiger partial charge in [0.15, 0.2) is 0 Å². The van der Waals surface area contributed by atoms with Crippen LogP contribution in [0.2, 0.25) is 0 Å². The first-order valence-corrected chi connectivity index (χ1v) is 13.2. The third-order valence-electron chi connectivity index (χ3n) is 7.23. The van der Waals surface area contributed by atoms with Crippen molar-refractivity contribution in [3.63, 3.8) is 0 Å². The largest absolute Gasteiger partial charge is 0.506 e. The van der Waals surface area contributed by atoms with Crippen LogP contribution < -0.4 is 4.74 Å². The molecule has 0 atom stereocenters. The Hall–Kier alpha value is -3.69. The number of fused-ring (bicyclic) bond motifs is 4. The van der Waals surface area contributed by atoms with Crippen LogP contribution in [0, 0.1) is 6.07 Å². The SMILES string of the molecule is CC(C)(C)c1ccc2c(c1)c1ccc(Oc3ccc4c(C(C)(C)C)ccc(O)c4n3)[c-]c1n2-c1ccccn1.[Pt]. The van der Waals surface area contributed by atoms with Crippen molar-refractivity contribution in [3.05, 3.63) is 96.2 Å². The van der Waals surface area contributed by atoms with Gasteiger partial charge in [-0.3, -0.25) is 0 Å². The predicted octanol–water partition coefficient (Wildman–Crippen LogP) is 8.62. The molecular formula is C34H32N3O2Pt-. The van der Waals surface area contributed by atoms with Crippen LogP contribution in [0.1, 0.15) is 52.7 Å². The van der Waals surface area contributed by atoms with Gasteiger partial charge in [0.1, 0.15) is 17.1 Å². The Bertz CT molecular complexity index is 1860. The second-order valence-electron chi connectivity index (χ2n) is 12.1. The Kier molecular flexibility index (Phi) is 7.00. The van der Waals surface area contributed by atoms with Crippen molar-refractivity contribution in [2.24, 2.45) is 0 Å². The van der Waals surface area contributed by atoms with Crippen LogP contribution >= 0.6 is 0 Å². The minimum atomic E-state index is -0.0828. The van der Waals surface area contributed by atoms with Gasteiger partial charge in [0.05, 0.1) is 0 Å². The average molecular weight is 710 g/mol. The number of benzene rings is 3. The molecule has 6 rings (SSSR count). The van der Waals surface area contributed by atoms with Crippen molar-refractivity contribution >= 4 is 32.7 Å². The van der Waals surface area contributed by atoms with Gasteiger partial charge in [0.25, 0.3) is 0 Å². The summed E-state index contributed by atoms with van der Waals surface area (Å²) in [5.74, 6) is 1.89. The summed E-state index contributed by atoms with van der Waals surface area (Å²) in [6.07, 6.45) is 1.80. The Balaban J connectivity index is 0.00000323. The Morgan fingerprint density at radius 3 is 2.27 bits per heavy atom. The summed E-state index contributed by atoms with van der Waals surface area (Å²) in [6, 6.07) is 27.5. The molecule has 0 saturated heterocycles. The van der Waals surface area contributed by atoms with Crippen molar-refractivity contribution in [3.8, 4) is 23.2 Å². The van der Waals surface area contributed by atoms with E-state index in [1.54, 1.807) is 12.3 Å². The first-order valence-electron chi connectivity index (χ1n) is 13.2. The molecular weight excluding hydrogens is 677 g/mol. The summed E-state index contributed by atoms with van der Waals surface area (Å²) in [5.41, 5.74) is 4.81. The molecule has 0 saturated carbocycles. The van der Waals surface area contributed by atoms with Crippen LogP contribution in [0.5, 0.6) is 17.4 Å². The van der Waals surface area contributed by atoms with Gasteiger partial charge in [-0.15, -0.1) is 17.5 Å². The van der Waals surface area contributed by atoms with Crippen LogP contribution in [-0.4, -0.2) is 19.6 Å². The molecule has 0 aliphatic carbocycles. The summed E-state index contributed by atoms with van der Waals surface area (Å²) < 4.78 is 8.35. The zero-order chi connectivity index (χ0) is 27.5. The summed E-state index contributed by atoms with van der Waals surface area (Å²) in [7, 11) is 0. The summed E-state index contributed by atoms with van der Waals surface area (Å²) >= 11 is 0. The maximum atomic E-state index is 10.6. The minimum Gasteiger partial charge on any atom is -0.506 e. The fourth-order valence-electron chi connectivity index (χ4n) is 5.18. The number of phenolic OH excluding ortho intramolecular Hbond substituents is 1. The van der Waals surface area contributed by atoms with E-state index in [1.165, 1.54) is 5.56 Å². The summed E-state index contributed by atoms with van der Waals surface area (Å²) in [5, 5.41) is 13.7. The molecule has 0 unspecified atom stereocenters. The van der Waals surface area contributed by atoms with E-state index in [-0.39, 0.29) is 37.6 Å². The molecule has 6 aromatic rings. The number of ether oxygens (including phenoxy) is 1. The Morgan fingerprint density at radius 1 is 0.800 bits per heavy atom. The number of phenols is 1. The standard InChI is InChI=1S/C34H32N3O2.Pt/c1-33(2,3)21-10-15-27-25(19-21)23-12-11-22(20-28(23)37(27)30-9-7-8-18-35-30)39-31-17-13-24-26(34(4,5)6)14-16-29(38)32(24)36-31;/h7-19,38H,1-6H3;/q-1;. The van der Waals surface area contributed by atoms with Gasteiger partial charge in [0.2, 0.25) is 5.88 Å². The number of hydrogen-bond donors (Lipinski definition) is 1. The van der Waals surface area contributed by atoms with Crippen LogP contribution in [0.4, 0.5) is 0 Å². The molecule has 40 heavy (non-hydrogen) atoms. The fourth-order valence-corrected chi connectivity index (χ4v) is 5.18. The van der Waals surface area contributed by atoms with E-state index in [4.69, 9.17) is 4.74 Å². The van der Waals surface area contributed by atoms with E-state index in [9.17, 15) is 5.11 Å². The van der Waals surface area contributed by atoms with Crippen molar-refractivity contribution in [1.29, 1.82) is 0 Å². The van der Waals surface area contributed by atoms with Gasteiger partial charge in [-0.25, -0.2) is 9.97 Å². The number of aromatic nitrogens is 3. The molecule has 0 bridgehead atoms. The number of aromatic hydroxyl groups is 1. The van der Waals surface area contributed by atoms with Crippen molar-refractivity contribution < 1.29 is 30.9 Å². The van der Waals surface area contributed by atoms with Crippen LogP contribution in [0.15, 0.2) is 79.0 Å². The van der Waals surface area contributed by atoms with Gasteiger partial charge < -0.3 is 14.4 Å². The molecule has 3 heterocycles. The van der Waals surface area contributed by atoms with Gasteiger partial charge in [-0.2, -0.15) is 6.07 Å². The van der Waals surface area contributed by atoms with Gasteiger partial charge in [-0.1, -0.05) is 71.3 Å². The fraction of sp³-hybridized carbons (Fsp3) is 0.235.